The van der Waals surface area contributed by atoms with E-state index in [0.29, 0.717) is 31.5 Å². The number of ketones is 1. The highest BCUT2D eigenvalue weighted by molar-refractivity contribution is 5.78. The van der Waals surface area contributed by atoms with E-state index < -0.39 is 11.9 Å². The molecule has 0 heterocycles. The molecule has 0 aliphatic carbocycles. The van der Waals surface area contributed by atoms with Crippen LogP contribution >= 0.6 is 0 Å². The van der Waals surface area contributed by atoms with E-state index >= 15 is 0 Å². The average molecular weight is 399 g/mol. The molecule has 0 aliphatic heterocycles. The van der Waals surface area contributed by atoms with E-state index in [4.69, 9.17) is 10.2 Å². The molecule has 2 N–H and O–H groups in total. The first-order valence-corrected chi connectivity index (χ1v) is 10.9. The molecule has 0 saturated carbocycles. The lowest BCUT2D eigenvalue weighted by molar-refractivity contribution is -0.138. The molecule has 0 atom stereocenters. The van der Waals surface area contributed by atoms with Crippen molar-refractivity contribution in [3.05, 3.63) is 0 Å². The Morgan fingerprint density at radius 3 is 1.21 bits per heavy atom. The van der Waals surface area contributed by atoms with Gasteiger partial charge in [0.2, 0.25) is 0 Å². The van der Waals surface area contributed by atoms with Crippen molar-refractivity contribution in [1.82, 2.24) is 0 Å². The van der Waals surface area contributed by atoms with Crippen LogP contribution in [0.3, 0.4) is 0 Å². The molecule has 0 saturated heterocycles. The maximum absolute atomic E-state index is 12.0. The van der Waals surface area contributed by atoms with Gasteiger partial charge in [0.05, 0.1) is 0 Å². The number of carboxylic acids is 2. The third-order valence-corrected chi connectivity index (χ3v) is 5.65. The third-order valence-electron chi connectivity index (χ3n) is 5.65. The maximum atomic E-state index is 12.0. The van der Waals surface area contributed by atoms with E-state index in [1.54, 1.807) is 0 Å². The van der Waals surface area contributed by atoms with E-state index in [-0.39, 0.29) is 23.7 Å². The van der Waals surface area contributed by atoms with Gasteiger partial charge in [-0.15, -0.1) is 0 Å². The molecule has 28 heavy (non-hydrogen) atoms. The molecule has 0 unspecified atom stereocenters. The van der Waals surface area contributed by atoms with Crippen LogP contribution in [0.15, 0.2) is 0 Å². The molecule has 5 nitrogen and oxygen atoms in total. The van der Waals surface area contributed by atoms with Crippen molar-refractivity contribution in [2.24, 2.45) is 10.8 Å². The quantitative estimate of drug-likeness (QED) is 0.267. The second kappa shape index (κ2) is 13.7. The minimum absolute atomic E-state index is 0.0562. The van der Waals surface area contributed by atoms with E-state index in [0.717, 1.165) is 51.4 Å². The van der Waals surface area contributed by atoms with Crippen molar-refractivity contribution < 1.29 is 24.6 Å². The predicted octanol–water partition coefficient (Wildman–Crippen LogP) is 6.24. The van der Waals surface area contributed by atoms with E-state index in [1.165, 1.54) is 0 Å². The fourth-order valence-corrected chi connectivity index (χ4v) is 3.47. The molecule has 0 aromatic rings. The summed E-state index contributed by atoms with van der Waals surface area (Å²) in [7, 11) is 0. The Kier molecular flexibility index (Phi) is 13.0. The molecule has 0 fully saturated rings. The Morgan fingerprint density at radius 1 is 0.536 bits per heavy atom. The highest BCUT2D eigenvalue weighted by atomic mass is 16.4. The largest absolute Gasteiger partial charge is 0.481 e. The summed E-state index contributed by atoms with van der Waals surface area (Å²) >= 11 is 0. The summed E-state index contributed by atoms with van der Waals surface area (Å²) < 4.78 is 0. The highest BCUT2D eigenvalue weighted by Crippen LogP contribution is 2.30. The van der Waals surface area contributed by atoms with Crippen LogP contribution < -0.4 is 0 Å². The molecule has 164 valence electrons. The number of aliphatic carboxylic acids is 2. The van der Waals surface area contributed by atoms with Gasteiger partial charge in [-0.2, -0.15) is 0 Å². The normalized spacial score (nSPS) is 12.1. The van der Waals surface area contributed by atoms with E-state index in [1.807, 2.05) is 0 Å². The van der Waals surface area contributed by atoms with Gasteiger partial charge in [-0.05, 0) is 49.4 Å². The molecule has 0 radical (unpaired) electrons. The van der Waals surface area contributed by atoms with Gasteiger partial charge in [0.25, 0.3) is 0 Å². The van der Waals surface area contributed by atoms with Crippen LogP contribution in [-0.4, -0.2) is 27.9 Å². The first kappa shape index (κ1) is 26.6. The molecule has 0 amide bonds. The van der Waals surface area contributed by atoms with E-state index in [9.17, 15) is 14.4 Å². The second-order valence-corrected chi connectivity index (χ2v) is 9.78. The lowest BCUT2D eigenvalue weighted by atomic mass is 9.82. The minimum atomic E-state index is -0.734. The van der Waals surface area contributed by atoms with Crippen LogP contribution in [0.25, 0.3) is 0 Å². The minimum Gasteiger partial charge on any atom is -0.481 e. The van der Waals surface area contributed by atoms with Crippen LogP contribution in [0.4, 0.5) is 0 Å². The number of carboxylic acid groups (broad SMARTS) is 2. The molecule has 0 bridgehead atoms. The lowest BCUT2D eigenvalue weighted by Crippen LogP contribution is -2.13. The van der Waals surface area contributed by atoms with Crippen molar-refractivity contribution in [1.29, 1.82) is 0 Å². The second-order valence-electron chi connectivity index (χ2n) is 9.78. The highest BCUT2D eigenvalue weighted by Gasteiger charge is 2.19. The number of hydrogen-bond acceptors (Lipinski definition) is 3. The zero-order valence-corrected chi connectivity index (χ0v) is 18.5. The van der Waals surface area contributed by atoms with Gasteiger partial charge in [-0.3, -0.25) is 14.4 Å². The summed E-state index contributed by atoms with van der Waals surface area (Å²) in [6, 6.07) is 0. The summed E-state index contributed by atoms with van der Waals surface area (Å²) in [5, 5.41) is 17.6. The summed E-state index contributed by atoms with van der Waals surface area (Å²) in [4.78, 5) is 33.3. The number of carbonyl (C=O) groups is 3. The van der Waals surface area contributed by atoms with Crippen LogP contribution in [0.5, 0.6) is 0 Å². The van der Waals surface area contributed by atoms with Gasteiger partial charge in [0.15, 0.2) is 0 Å². The summed E-state index contributed by atoms with van der Waals surface area (Å²) in [5.74, 6) is -1.12. The zero-order chi connectivity index (χ0) is 21.6. The van der Waals surface area contributed by atoms with Crippen LogP contribution in [0.1, 0.15) is 118 Å². The first-order chi connectivity index (χ1) is 12.9. The zero-order valence-electron chi connectivity index (χ0n) is 18.5. The Hall–Kier alpha value is -1.39. The standard InChI is InChI=1S/C23H42O5/c1-22(2,17-13-20(25)26)15-9-5-7-11-19(24)12-8-6-10-16-23(3,4)18-14-21(27)28/h5-18H2,1-4H3,(H,25,26)(H,27,28). The van der Waals surface area contributed by atoms with Gasteiger partial charge >= 0.3 is 11.9 Å². The van der Waals surface area contributed by atoms with Gasteiger partial charge in [-0.25, -0.2) is 0 Å². The maximum Gasteiger partial charge on any atom is 0.303 e. The lowest BCUT2D eigenvalue weighted by Gasteiger charge is -2.23. The summed E-state index contributed by atoms with van der Waals surface area (Å²) in [5.41, 5.74) is 0.112. The monoisotopic (exact) mass is 398 g/mol. The van der Waals surface area contributed by atoms with Gasteiger partial charge in [-0.1, -0.05) is 53.4 Å². The topological polar surface area (TPSA) is 91.7 Å². The Morgan fingerprint density at radius 2 is 0.893 bits per heavy atom. The Labute approximate surface area is 171 Å². The molecule has 0 aliphatic rings. The third kappa shape index (κ3) is 16.8. The van der Waals surface area contributed by atoms with Gasteiger partial charge < -0.3 is 10.2 Å². The van der Waals surface area contributed by atoms with Crippen molar-refractivity contribution >= 4 is 17.7 Å². The molecule has 0 spiro atoms. The fraction of sp³-hybridized carbons (Fsp3) is 0.870. The van der Waals surface area contributed by atoms with Gasteiger partial charge in [0, 0.05) is 25.7 Å². The SMILES string of the molecule is CC(C)(CCCCCC(=O)CCCCCC(C)(C)CCC(=O)O)CCC(=O)O. The predicted molar refractivity (Wildman–Crippen MR) is 112 cm³/mol. The number of rotatable bonds is 18. The number of Topliss-reactive ketones (excluding diaryl/α,β-unsaturated/α-hetero) is 1. The van der Waals surface area contributed by atoms with Crippen molar-refractivity contribution in [2.75, 3.05) is 0 Å². The molecule has 0 aromatic carbocycles. The first-order valence-electron chi connectivity index (χ1n) is 10.9. The number of carbonyl (C=O) groups excluding carboxylic acids is 1. The average Bonchev–Trinajstić information content (AvgIpc) is 2.58. The molecule has 0 aromatic heterocycles. The number of unbranched alkanes of at least 4 members (excludes halogenated alkanes) is 4. The smallest absolute Gasteiger partial charge is 0.303 e. The fourth-order valence-electron chi connectivity index (χ4n) is 3.47. The molecule has 5 heteroatoms. The Balaban J connectivity index is 3.68. The molecular formula is C23H42O5. The Bertz CT molecular complexity index is 437. The molecular weight excluding hydrogens is 356 g/mol. The van der Waals surface area contributed by atoms with Crippen LogP contribution in [0.2, 0.25) is 0 Å². The van der Waals surface area contributed by atoms with Crippen LogP contribution in [0, 0.1) is 10.8 Å². The summed E-state index contributed by atoms with van der Waals surface area (Å²) in [6.07, 6.45) is 11.2. The number of hydrogen-bond donors (Lipinski definition) is 2. The molecule has 0 rings (SSSR count). The van der Waals surface area contributed by atoms with Crippen molar-refractivity contribution in [3.8, 4) is 0 Å². The van der Waals surface area contributed by atoms with Crippen molar-refractivity contribution in [3.63, 3.8) is 0 Å². The summed E-state index contributed by atoms with van der Waals surface area (Å²) in [6.45, 7) is 8.46. The van der Waals surface area contributed by atoms with Gasteiger partial charge in [0.1, 0.15) is 5.78 Å². The van der Waals surface area contributed by atoms with E-state index in [2.05, 4.69) is 27.7 Å². The van der Waals surface area contributed by atoms with Crippen LogP contribution in [-0.2, 0) is 14.4 Å². The van der Waals surface area contributed by atoms with Crippen molar-refractivity contribution in [2.45, 2.75) is 118 Å².